The van der Waals surface area contributed by atoms with Crippen LogP contribution >= 0.6 is 0 Å². The molecule has 1 saturated carbocycles. The van der Waals surface area contributed by atoms with Gasteiger partial charge in [-0.2, -0.15) is 0 Å². The third kappa shape index (κ3) is 2.79. The van der Waals surface area contributed by atoms with Gasteiger partial charge in [-0.1, -0.05) is 31.4 Å². The smallest absolute Gasteiger partial charge is 0.375 e. The molecule has 2 aliphatic rings. The van der Waals surface area contributed by atoms with Crippen molar-refractivity contribution in [1.29, 1.82) is 0 Å². The Labute approximate surface area is 143 Å². The molecule has 130 valence electrons. The van der Waals surface area contributed by atoms with E-state index in [4.69, 9.17) is 4.42 Å². The maximum Gasteiger partial charge on any atom is 0.542 e. The van der Waals surface area contributed by atoms with Crippen molar-refractivity contribution < 1.29 is 18.5 Å². The van der Waals surface area contributed by atoms with Gasteiger partial charge in [0.15, 0.2) is 0 Å². The second-order valence-electron chi connectivity index (χ2n) is 6.91. The number of rotatable bonds is 4. The molecule has 1 fully saturated rings. The van der Waals surface area contributed by atoms with Crippen molar-refractivity contribution in [2.24, 2.45) is 5.41 Å². The Morgan fingerprint density at radius 2 is 1.64 bits per heavy atom. The molecule has 7 heteroatoms. The highest BCUT2D eigenvalue weighted by Crippen LogP contribution is 2.41. The number of fused-ring (bicyclic) bond motifs is 1. The molecule has 0 bridgehead atoms. The van der Waals surface area contributed by atoms with Crippen LogP contribution in [0.25, 0.3) is 0 Å². The summed E-state index contributed by atoms with van der Waals surface area (Å²) in [6.45, 7) is 0.302. The fourth-order valence-electron chi connectivity index (χ4n) is 4.02. The van der Waals surface area contributed by atoms with Gasteiger partial charge in [0.1, 0.15) is 0 Å². The van der Waals surface area contributed by atoms with E-state index in [1.807, 2.05) is 0 Å². The van der Waals surface area contributed by atoms with Gasteiger partial charge in [-0.15, -0.1) is 0 Å². The molecular weight excluding hydrogens is 324 g/mol. The predicted molar refractivity (Wildman–Crippen MR) is 86.1 cm³/mol. The third-order valence-corrected chi connectivity index (χ3v) is 5.24. The molecule has 2 aromatic rings. The van der Waals surface area contributed by atoms with Crippen molar-refractivity contribution in [3.8, 4) is 0 Å². The SMILES string of the molecule is O=C1c2ccccc2C(=O)N1CC1(Cc2noc(=O)o2)CCCCC1. The summed E-state index contributed by atoms with van der Waals surface area (Å²) in [6, 6.07) is 6.88. The Morgan fingerprint density at radius 3 is 2.20 bits per heavy atom. The molecule has 7 nitrogen and oxygen atoms in total. The van der Waals surface area contributed by atoms with E-state index in [1.165, 1.54) is 4.90 Å². The van der Waals surface area contributed by atoms with Gasteiger partial charge in [-0.05, 0) is 35.5 Å². The quantitative estimate of drug-likeness (QED) is 0.792. The number of hydrogen-bond donors (Lipinski definition) is 0. The lowest BCUT2D eigenvalue weighted by molar-refractivity contribution is 0.0500. The van der Waals surface area contributed by atoms with Crippen LogP contribution in [0.2, 0.25) is 0 Å². The maximum atomic E-state index is 12.7. The van der Waals surface area contributed by atoms with Gasteiger partial charge in [0, 0.05) is 13.0 Å². The zero-order valence-corrected chi connectivity index (χ0v) is 13.7. The summed E-state index contributed by atoms with van der Waals surface area (Å²) in [5, 5.41) is 3.66. The molecule has 0 spiro atoms. The van der Waals surface area contributed by atoms with E-state index in [1.54, 1.807) is 24.3 Å². The van der Waals surface area contributed by atoms with Gasteiger partial charge in [0.2, 0.25) is 5.89 Å². The van der Waals surface area contributed by atoms with Gasteiger partial charge in [-0.25, -0.2) is 4.79 Å². The average molecular weight is 342 g/mol. The standard InChI is InChI=1S/C18H18N2O5/c21-15-12-6-2-3-7-13(12)16(22)20(15)11-18(8-4-1-5-9-18)10-14-19-25-17(23)24-14/h2-3,6-7H,1,4-5,8-11H2. The van der Waals surface area contributed by atoms with Crippen LogP contribution in [0.1, 0.15) is 58.7 Å². The highest BCUT2D eigenvalue weighted by atomic mass is 16.6. The largest absolute Gasteiger partial charge is 0.542 e. The van der Waals surface area contributed by atoms with Gasteiger partial charge >= 0.3 is 5.82 Å². The van der Waals surface area contributed by atoms with E-state index in [-0.39, 0.29) is 23.1 Å². The molecule has 0 unspecified atom stereocenters. The highest BCUT2D eigenvalue weighted by molar-refractivity contribution is 6.21. The summed E-state index contributed by atoms with van der Waals surface area (Å²) in [5.74, 6) is -1.12. The number of carbonyl (C=O) groups excluding carboxylic acids is 2. The molecule has 0 N–H and O–H groups in total. The molecule has 1 aliphatic heterocycles. The van der Waals surface area contributed by atoms with E-state index in [2.05, 4.69) is 9.68 Å². The molecule has 25 heavy (non-hydrogen) atoms. The predicted octanol–water partition coefficient (Wildman–Crippen LogP) is 2.42. The van der Waals surface area contributed by atoms with Gasteiger partial charge in [-0.3, -0.25) is 19.0 Å². The summed E-state index contributed by atoms with van der Waals surface area (Å²) in [6.07, 6.45) is 5.20. The first kappa shape index (κ1) is 15.8. The number of hydrogen-bond acceptors (Lipinski definition) is 6. The lowest BCUT2D eigenvalue weighted by atomic mass is 9.71. The van der Waals surface area contributed by atoms with Crippen molar-refractivity contribution >= 4 is 11.8 Å². The van der Waals surface area contributed by atoms with Crippen molar-refractivity contribution in [3.05, 3.63) is 51.9 Å². The van der Waals surface area contributed by atoms with Crippen LogP contribution < -0.4 is 5.82 Å². The summed E-state index contributed by atoms with van der Waals surface area (Å²) in [5.41, 5.74) is 0.566. The molecule has 4 rings (SSSR count). The first-order valence-corrected chi connectivity index (χ1v) is 8.49. The average Bonchev–Trinajstić information content (AvgIpc) is 3.13. The molecule has 2 amide bonds. The second-order valence-corrected chi connectivity index (χ2v) is 6.91. The molecular formula is C18H18N2O5. The number of amides is 2. The van der Waals surface area contributed by atoms with Gasteiger partial charge in [0.05, 0.1) is 11.1 Å². The fraction of sp³-hybridized carbons (Fsp3) is 0.444. The number of imide groups is 1. The number of benzene rings is 1. The minimum atomic E-state index is -0.832. The molecule has 1 aromatic carbocycles. The van der Waals surface area contributed by atoms with Crippen molar-refractivity contribution in [1.82, 2.24) is 10.1 Å². The first-order valence-electron chi connectivity index (χ1n) is 8.49. The molecule has 1 aromatic heterocycles. The number of nitrogens with zero attached hydrogens (tertiary/aromatic N) is 2. The molecule has 0 saturated heterocycles. The van der Waals surface area contributed by atoms with Crippen LogP contribution in [0, 0.1) is 5.41 Å². The van der Waals surface area contributed by atoms with Crippen LogP contribution in [0.15, 0.2) is 38.0 Å². The Bertz CT molecular complexity index is 840. The molecule has 0 atom stereocenters. The monoisotopic (exact) mass is 342 g/mol. The fourth-order valence-corrected chi connectivity index (χ4v) is 4.02. The highest BCUT2D eigenvalue weighted by Gasteiger charge is 2.43. The lowest BCUT2D eigenvalue weighted by Crippen LogP contribution is -2.43. The second kappa shape index (κ2) is 5.98. The molecule has 1 aliphatic carbocycles. The van der Waals surface area contributed by atoms with E-state index >= 15 is 0 Å². The summed E-state index contributed by atoms with van der Waals surface area (Å²) >= 11 is 0. The summed E-state index contributed by atoms with van der Waals surface area (Å²) in [7, 11) is 0. The Morgan fingerprint density at radius 1 is 1.00 bits per heavy atom. The number of carbonyl (C=O) groups is 2. The molecule has 0 radical (unpaired) electrons. The van der Waals surface area contributed by atoms with Crippen LogP contribution in [0.4, 0.5) is 0 Å². The molecule has 2 heterocycles. The van der Waals surface area contributed by atoms with Gasteiger partial charge in [0.25, 0.3) is 11.8 Å². The van der Waals surface area contributed by atoms with Crippen LogP contribution in [-0.4, -0.2) is 28.4 Å². The maximum absolute atomic E-state index is 12.7. The lowest BCUT2D eigenvalue weighted by Gasteiger charge is -2.38. The topological polar surface area (TPSA) is 93.6 Å². The Kier molecular flexibility index (Phi) is 3.78. The van der Waals surface area contributed by atoms with Gasteiger partial charge < -0.3 is 4.42 Å². The van der Waals surface area contributed by atoms with Crippen molar-refractivity contribution in [2.45, 2.75) is 38.5 Å². The first-order chi connectivity index (χ1) is 12.1. The van der Waals surface area contributed by atoms with E-state index in [0.29, 0.717) is 24.1 Å². The van der Waals surface area contributed by atoms with Crippen molar-refractivity contribution in [3.63, 3.8) is 0 Å². The minimum Gasteiger partial charge on any atom is -0.375 e. The normalized spacial score (nSPS) is 19.3. The summed E-state index contributed by atoms with van der Waals surface area (Å²) < 4.78 is 9.46. The Balaban J connectivity index is 1.62. The van der Waals surface area contributed by atoms with E-state index < -0.39 is 5.82 Å². The third-order valence-electron chi connectivity index (χ3n) is 5.24. The number of aromatic nitrogens is 1. The zero-order valence-electron chi connectivity index (χ0n) is 13.7. The Hall–Kier alpha value is -2.70. The zero-order chi connectivity index (χ0) is 17.4. The van der Waals surface area contributed by atoms with Crippen LogP contribution in [-0.2, 0) is 6.42 Å². The minimum absolute atomic E-state index is 0.225. The van der Waals surface area contributed by atoms with E-state index in [9.17, 15) is 14.4 Å². The van der Waals surface area contributed by atoms with E-state index in [0.717, 1.165) is 32.1 Å². The van der Waals surface area contributed by atoms with Crippen LogP contribution in [0.3, 0.4) is 0 Å². The van der Waals surface area contributed by atoms with Crippen molar-refractivity contribution in [2.75, 3.05) is 6.54 Å². The summed E-state index contributed by atoms with van der Waals surface area (Å²) in [4.78, 5) is 37.8. The van der Waals surface area contributed by atoms with Crippen LogP contribution in [0.5, 0.6) is 0 Å².